The lowest BCUT2D eigenvalue weighted by Gasteiger charge is -2.06. The normalized spacial score (nSPS) is 19.1. The second kappa shape index (κ2) is 5.08. The van der Waals surface area contributed by atoms with Gasteiger partial charge in [0.25, 0.3) is 0 Å². The summed E-state index contributed by atoms with van der Waals surface area (Å²) in [7, 11) is 1.65. The van der Waals surface area contributed by atoms with Crippen LogP contribution in [-0.4, -0.2) is 25.7 Å². The fraction of sp³-hybridized carbons (Fsp3) is 0.462. The third-order valence-corrected chi connectivity index (χ3v) is 3.50. The van der Waals surface area contributed by atoms with Crippen molar-refractivity contribution in [3.05, 3.63) is 28.2 Å². The number of ether oxygens (including phenoxy) is 2. The zero-order valence-corrected chi connectivity index (χ0v) is 11.8. The van der Waals surface area contributed by atoms with Gasteiger partial charge in [0.2, 0.25) is 5.90 Å². The van der Waals surface area contributed by atoms with Crippen molar-refractivity contribution in [1.82, 2.24) is 0 Å². The fourth-order valence-electron chi connectivity index (χ4n) is 1.68. The quantitative estimate of drug-likeness (QED) is 0.857. The summed E-state index contributed by atoms with van der Waals surface area (Å²) in [5, 5.41) is 0. The lowest BCUT2D eigenvalue weighted by atomic mass is 10.1. The highest BCUT2D eigenvalue weighted by atomic mass is 79.9. The molecule has 1 atom stereocenters. The molecule has 0 aliphatic carbocycles. The summed E-state index contributed by atoms with van der Waals surface area (Å²) in [6.07, 6.45) is 0. The first-order chi connectivity index (χ1) is 8.11. The molecule has 1 unspecified atom stereocenters. The van der Waals surface area contributed by atoms with Gasteiger partial charge in [-0.15, -0.1) is 0 Å². The van der Waals surface area contributed by atoms with E-state index in [-0.39, 0.29) is 6.04 Å². The summed E-state index contributed by atoms with van der Waals surface area (Å²) in [4.78, 5) is 4.59. The number of hydrogen-bond donors (Lipinski definition) is 0. The topological polar surface area (TPSA) is 30.8 Å². The van der Waals surface area contributed by atoms with Gasteiger partial charge in [-0.2, -0.15) is 0 Å². The Balaban J connectivity index is 2.27. The largest absolute Gasteiger partial charge is 0.496 e. The SMILES string of the molecule is COc1cc(C2=NC(C(C)C)CO2)ccc1Br. The molecule has 1 aromatic carbocycles. The summed E-state index contributed by atoms with van der Waals surface area (Å²) >= 11 is 3.43. The van der Waals surface area contributed by atoms with Crippen molar-refractivity contribution in [2.75, 3.05) is 13.7 Å². The molecular formula is C13H16BrNO2. The zero-order chi connectivity index (χ0) is 12.4. The molecule has 3 nitrogen and oxygen atoms in total. The van der Waals surface area contributed by atoms with E-state index >= 15 is 0 Å². The van der Waals surface area contributed by atoms with Crippen LogP contribution in [0.25, 0.3) is 0 Å². The minimum absolute atomic E-state index is 0.264. The number of hydrogen-bond acceptors (Lipinski definition) is 3. The Bertz CT molecular complexity index is 443. The van der Waals surface area contributed by atoms with Crippen molar-refractivity contribution >= 4 is 21.8 Å². The minimum Gasteiger partial charge on any atom is -0.496 e. The van der Waals surface area contributed by atoms with Crippen LogP contribution in [0.5, 0.6) is 5.75 Å². The molecule has 2 rings (SSSR count). The van der Waals surface area contributed by atoms with Gasteiger partial charge in [-0.1, -0.05) is 13.8 Å². The molecule has 1 heterocycles. The Kier molecular flexibility index (Phi) is 3.72. The molecule has 0 amide bonds. The van der Waals surface area contributed by atoms with Crippen LogP contribution in [0.2, 0.25) is 0 Å². The summed E-state index contributed by atoms with van der Waals surface area (Å²) in [6, 6.07) is 6.13. The van der Waals surface area contributed by atoms with Crippen molar-refractivity contribution in [1.29, 1.82) is 0 Å². The van der Waals surface area contributed by atoms with E-state index in [4.69, 9.17) is 9.47 Å². The van der Waals surface area contributed by atoms with Gasteiger partial charge < -0.3 is 9.47 Å². The predicted molar refractivity (Wildman–Crippen MR) is 71.8 cm³/mol. The van der Waals surface area contributed by atoms with Gasteiger partial charge in [0.15, 0.2) is 0 Å². The molecule has 0 N–H and O–H groups in total. The molecule has 1 aromatic rings. The van der Waals surface area contributed by atoms with E-state index in [9.17, 15) is 0 Å². The van der Waals surface area contributed by atoms with Crippen LogP contribution in [0.3, 0.4) is 0 Å². The highest BCUT2D eigenvalue weighted by molar-refractivity contribution is 9.10. The summed E-state index contributed by atoms with van der Waals surface area (Å²) < 4.78 is 11.8. The Morgan fingerprint density at radius 3 is 2.82 bits per heavy atom. The smallest absolute Gasteiger partial charge is 0.216 e. The van der Waals surface area contributed by atoms with Crippen molar-refractivity contribution in [2.24, 2.45) is 10.9 Å². The second-order valence-electron chi connectivity index (χ2n) is 4.41. The molecule has 92 valence electrons. The van der Waals surface area contributed by atoms with E-state index in [0.29, 0.717) is 12.5 Å². The highest BCUT2D eigenvalue weighted by Crippen LogP contribution is 2.27. The Labute approximate surface area is 110 Å². The zero-order valence-electron chi connectivity index (χ0n) is 10.2. The number of aliphatic imine (C=N–C) groups is 1. The lowest BCUT2D eigenvalue weighted by Crippen LogP contribution is -2.13. The van der Waals surface area contributed by atoms with E-state index in [1.165, 1.54) is 0 Å². The number of benzene rings is 1. The summed E-state index contributed by atoms with van der Waals surface area (Å²) in [6.45, 7) is 4.98. The second-order valence-corrected chi connectivity index (χ2v) is 5.26. The van der Waals surface area contributed by atoms with Crippen molar-refractivity contribution < 1.29 is 9.47 Å². The Morgan fingerprint density at radius 1 is 1.47 bits per heavy atom. The van der Waals surface area contributed by atoms with Gasteiger partial charge in [0.1, 0.15) is 12.4 Å². The summed E-state index contributed by atoms with van der Waals surface area (Å²) in [5.41, 5.74) is 0.966. The number of rotatable bonds is 3. The van der Waals surface area contributed by atoms with Crippen LogP contribution in [0.1, 0.15) is 19.4 Å². The van der Waals surface area contributed by atoms with Crippen LogP contribution in [0, 0.1) is 5.92 Å². The molecule has 1 aliphatic heterocycles. The molecular weight excluding hydrogens is 282 g/mol. The average molecular weight is 298 g/mol. The number of nitrogens with zero attached hydrogens (tertiary/aromatic N) is 1. The molecule has 1 aliphatic rings. The van der Waals surface area contributed by atoms with Gasteiger partial charge in [-0.25, -0.2) is 4.99 Å². The molecule has 0 saturated carbocycles. The maximum Gasteiger partial charge on any atom is 0.216 e. The van der Waals surface area contributed by atoms with Crippen molar-refractivity contribution in [3.8, 4) is 5.75 Å². The third kappa shape index (κ3) is 2.63. The molecule has 0 bridgehead atoms. The Hall–Kier alpha value is -1.03. The van der Waals surface area contributed by atoms with Crippen LogP contribution >= 0.6 is 15.9 Å². The lowest BCUT2D eigenvalue weighted by molar-refractivity contribution is 0.291. The maximum absolute atomic E-state index is 5.63. The van der Waals surface area contributed by atoms with Gasteiger partial charge >= 0.3 is 0 Å². The number of halogens is 1. The standard InChI is InChI=1S/C13H16BrNO2/c1-8(2)11-7-17-13(15-11)9-4-5-10(14)12(6-9)16-3/h4-6,8,11H,7H2,1-3H3. The van der Waals surface area contributed by atoms with Gasteiger partial charge in [0, 0.05) is 5.56 Å². The Morgan fingerprint density at radius 2 is 2.24 bits per heavy atom. The van der Waals surface area contributed by atoms with Gasteiger partial charge in [-0.05, 0) is 40.0 Å². The first-order valence-corrected chi connectivity index (χ1v) is 6.45. The average Bonchev–Trinajstić information content (AvgIpc) is 2.79. The third-order valence-electron chi connectivity index (χ3n) is 2.84. The molecule has 0 fully saturated rings. The van der Waals surface area contributed by atoms with Crippen LogP contribution in [0.15, 0.2) is 27.7 Å². The summed E-state index contributed by atoms with van der Waals surface area (Å²) in [5.74, 6) is 2.01. The van der Waals surface area contributed by atoms with E-state index in [1.54, 1.807) is 7.11 Å². The van der Waals surface area contributed by atoms with E-state index in [1.807, 2.05) is 18.2 Å². The molecule has 4 heteroatoms. The van der Waals surface area contributed by atoms with Gasteiger partial charge in [-0.3, -0.25) is 0 Å². The van der Waals surface area contributed by atoms with Crippen LogP contribution in [0.4, 0.5) is 0 Å². The van der Waals surface area contributed by atoms with E-state index in [2.05, 4.69) is 34.8 Å². The van der Waals surface area contributed by atoms with Crippen LogP contribution in [-0.2, 0) is 4.74 Å². The van der Waals surface area contributed by atoms with Gasteiger partial charge in [0.05, 0.1) is 17.6 Å². The molecule has 0 spiro atoms. The maximum atomic E-state index is 5.63. The highest BCUT2D eigenvalue weighted by Gasteiger charge is 2.23. The molecule has 0 radical (unpaired) electrons. The molecule has 0 saturated heterocycles. The van der Waals surface area contributed by atoms with E-state index in [0.717, 1.165) is 21.7 Å². The molecule has 17 heavy (non-hydrogen) atoms. The van der Waals surface area contributed by atoms with E-state index < -0.39 is 0 Å². The first kappa shape index (κ1) is 12.4. The van der Waals surface area contributed by atoms with Crippen molar-refractivity contribution in [2.45, 2.75) is 19.9 Å². The fourth-order valence-corrected chi connectivity index (χ4v) is 2.09. The van der Waals surface area contributed by atoms with Crippen LogP contribution < -0.4 is 4.74 Å². The number of methoxy groups -OCH3 is 1. The van der Waals surface area contributed by atoms with Crippen molar-refractivity contribution in [3.63, 3.8) is 0 Å². The first-order valence-electron chi connectivity index (χ1n) is 5.66. The molecule has 0 aromatic heterocycles. The minimum atomic E-state index is 0.264. The predicted octanol–water partition coefficient (Wildman–Crippen LogP) is 3.26. The monoisotopic (exact) mass is 297 g/mol.